The Morgan fingerprint density at radius 1 is 1.04 bits per heavy atom. The number of rotatable bonds is 3. The Labute approximate surface area is 133 Å². The molecule has 0 atom stereocenters. The summed E-state index contributed by atoms with van der Waals surface area (Å²) in [5.74, 6) is -0.293. The second-order valence-corrected chi connectivity index (χ2v) is 5.13. The molecule has 23 heavy (non-hydrogen) atoms. The molecule has 0 unspecified atom stereocenters. The first-order chi connectivity index (χ1) is 11.1. The molecule has 114 valence electrons. The maximum Gasteiger partial charge on any atom is 0.276 e. The SMILES string of the molecule is Cc1cc(=N)n(-c2ccccc2)nc1C(=O)Nc1ccccc1. The van der Waals surface area contributed by atoms with Crippen LogP contribution in [0.15, 0.2) is 66.7 Å². The van der Waals surface area contributed by atoms with Crippen molar-refractivity contribution in [2.24, 2.45) is 0 Å². The second kappa shape index (κ2) is 6.27. The van der Waals surface area contributed by atoms with Gasteiger partial charge in [0.1, 0.15) is 5.49 Å². The van der Waals surface area contributed by atoms with E-state index < -0.39 is 0 Å². The van der Waals surface area contributed by atoms with Gasteiger partial charge in [0.15, 0.2) is 5.69 Å². The molecule has 0 aliphatic carbocycles. The topological polar surface area (TPSA) is 70.8 Å². The Bertz CT molecular complexity index is 886. The van der Waals surface area contributed by atoms with E-state index in [1.165, 1.54) is 4.68 Å². The van der Waals surface area contributed by atoms with E-state index in [9.17, 15) is 4.79 Å². The van der Waals surface area contributed by atoms with Gasteiger partial charge in [-0.25, -0.2) is 4.68 Å². The normalized spacial score (nSPS) is 10.3. The molecule has 0 saturated heterocycles. The lowest BCUT2D eigenvalue weighted by molar-refractivity contribution is 0.102. The lowest BCUT2D eigenvalue weighted by Crippen LogP contribution is -2.26. The molecule has 0 saturated carbocycles. The largest absolute Gasteiger partial charge is 0.321 e. The third kappa shape index (κ3) is 3.18. The molecule has 3 rings (SSSR count). The Balaban J connectivity index is 1.99. The second-order valence-electron chi connectivity index (χ2n) is 5.13. The predicted molar refractivity (Wildman–Crippen MR) is 88.6 cm³/mol. The summed E-state index contributed by atoms with van der Waals surface area (Å²) in [6, 6.07) is 20.2. The van der Waals surface area contributed by atoms with Gasteiger partial charge in [0.25, 0.3) is 5.91 Å². The molecular formula is C18H16N4O. The van der Waals surface area contributed by atoms with Crippen LogP contribution >= 0.6 is 0 Å². The van der Waals surface area contributed by atoms with Gasteiger partial charge in [0.2, 0.25) is 0 Å². The average molecular weight is 304 g/mol. The van der Waals surface area contributed by atoms with Crippen LogP contribution in [0.1, 0.15) is 16.1 Å². The van der Waals surface area contributed by atoms with Crippen LogP contribution in [0.2, 0.25) is 0 Å². The molecule has 0 bridgehead atoms. The summed E-state index contributed by atoms with van der Waals surface area (Å²) in [7, 11) is 0. The lowest BCUT2D eigenvalue weighted by Gasteiger charge is -2.11. The summed E-state index contributed by atoms with van der Waals surface area (Å²) in [5, 5.41) is 15.3. The molecule has 1 heterocycles. The minimum absolute atomic E-state index is 0.227. The molecule has 0 fully saturated rings. The standard InChI is InChI=1S/C18H16N4O/c1-13-12-16(19)22(15-10-6-3-7-11-15)21-17(13)18(23)20-14-8-4-2-5-9-14/h2-12,19H,1H3,(H,20,23). The third-order valence-electron chi connectivity index (χ3n) is 3.40. The molecule has 0 radical (unpaired) electrons. The molecule has 0 aliphatic rings. The summed E-state index contributed by atoms with van der Waals surface area (Å²) in [6.45, 7) is 1.78. The van der Waals surface area contributed by atoms with Crippen LogP contribution in [-0.4, -0.2) is 15.7 Å². The Kier molecular flexibility index (Phi) is 4.01. The monoisotopic (exact) mass is 304 g/mol. The van der Waals surface area contributed by atoms with Gasteiger partial charge < -0.3 is 5.32 Å². The molecule has 5 heteroatoms. The molecule has 1 aromatic heterocycles. The number of aromatic nitrogens is 2. The average Bonchev–Trinajstić information content (AvgIpc) is 2.56. The minimum Gasteiger partial charge on any atom is -0.321 e. The molecule has 2 aromatic carbocycles. The Morgan fingerprint density at radius 2 is 1.65 bits per heavy atom. The van der Waals surface area contributed by atoms with E-state index in [0.717, 1.165) is 5.69 Å². The Hall–Kier alpha value is -3.21. The number of nitrogens with one attached hydrogen (secondary N) is 2. The van der Waals surface area contributed by atoms with Crippen molar-refractivity contribution in [3.63, 3.8) is 0 Å². The van der Waals surface area contributed by atoms with Gasteiger partial charge in [-0.1, -0.05) is 36.4 Å². The van der Waals surface area contributed by atoms with Crippen LogP contribution in [0.25, 0.3) is 5.69 Å². The van der Waals surface area contributed by atoms with Gasteiger partial charge >= 0.3 is 0 Å². The summed E-state index contributed by atoms with van der Waals surface area (Å²) < 4.78 is 1.45. The fourth-order valence-corrected chi connectivity index (χ4v) is 2.27. The lowest BCUT2D eigenvalue weighted by atomic mass is 10.2. The molecular weight excluding hydrogens is 288 g/mol. The molecule has 1 amide bonds. The van der Waals surface area contributed by atoms with Crippen molar-refractivity contribution in [1.82, 2.24) is 9.78 Å². The molecule has 3 aromatic rings. The highest BCUT2D eigenvalue weighted by Gasteiger charge is 2.13. The van der Waals surface area contributed by atoms with Crippen molar-refractivity contribution < 1.29 is 4.79 Å². The van der Waals surface area contributed by atoms with E-state index in [-0.39, 0.29) is 11.4 Å². The third-order valence-corrected chi connectivity index (χ3v) is 3.40. The number of hydrogen-bond donors (Lipinski definition) is 2. The van der Waals surface area contributed by atoms with Gasteiger partial charge in [-0.3, -0.25) is 10.2 Å². The van der Waals surface area contributed by atoms with E-state index in [0.29, 0.717) is 16.9 Å². The zero-order chi connectivity index (χ0) is 16.2. The number of anilines is 1. The van der Waals surface area contributed by atoms with E-state index in [1.807, 2.05) is 60.7 Å². The minimum atomic E-state index is -0.293. The van der Waals surface area contributed by atoms with E-state index in [2.05, 4.69) is 10.4 Å². The smallest absolute Gasteiger partial charge is 0.276 e. The summed E-state index contributed by atoms with van der Waals surface area (Å²) in [5.41, 5.74) is 2.64. The number of benzene rings is 2. The number of nitrogens with zero attached hydrogens (tertiary/aromatic N) is 2. The fourth-order valence-electron chi connectivity index (χ4n) is 2.27. The number of carbonyl (C=O) groups is 1. The number of para-hydroxylation sites is 2. The first-order valence-electron chi connectivity index (χ1n) is 7.22. The van der Waals surface area contributed by atoms with Gasteiger partial charge in [0, 0.05) is 5.69 Å². The van der Waals surface area contributed by atoms with Crippen molar-refractivity contribution >= 4 is 11.6 Å². The quantitative estimate of drug-likeness (QED) is 0.781. The van der Waals surface area contributed by atoms with E-state index in [1.54, 1.807) is 13.0 Å². The molecule has 2 N–H and O–H groups in total. The van der Waals surface area contributed by atoms with Crippen molar-refractivity contribution in [2.75, 3.05) is 5.32 Å². The highest BCUT2D eigenvalue weighted by molar-refractivity contribution is 6.03. The number of hydrogen-bond acceptors (Lipinski definition) is 3. The summed E-state index contributed by atoms with van der Waals surface area (Å²) >= 11 is 0. The highest BCUT2D eigenvalue weighted by atomic mass is 16.1. The maximum atomic E-state index is 12.5. The van der Waals surface area contributed by atoms with Crippen molar-refractivity contribution in [1.29, 1.82) is 5.41 Å². The van der Waals surface area contributed by atoms with Crippen LogP contribution in [-0.2, 0) is 0 Å². The van der Waals surface area contributed by atoms with E-state index >= 15 is 0 Å². The fraction of sp³-hybridized carbons (Fsp3) is 0.0556. The molecule has 5 nitrogen and oxygen atoms in total. The van der Waals surface area contributed by atoms with Crippen LogP contribution in [0.4, 0.5) is 5.69 Å². The van der Waals surface area contributed by atoms with Crippen LogP contribution in [0.5, 0.6) is 0 Å². The van der Waals surface area contributed by atoms with Gasteiger partial charge in [-0.15, -0.1) is 0 Å². The van der Waals surface area contributed by atoms with Gasteiger partial charge in [-0.2, -0.15) is 5.10 Å². The van der Waals surface area contributed by atoms with Gasteiger partial charge in [0.05, 0.1) is 5.69 Å². The number of carbonyl (C=O) groups excluding carboxylic acids is 1. The van der Waals surface area contributed by atoms with Crippen molar-refractivity contribution in [3.05, 3.63) is 83.5 Å². The zero-order valence-corrected chi connectivity index (χ0v) is 12.7. The van der Waals surface area contributed by atoms with Gasteiger partial charge in [-0.05, 0) is 42.8 Å². The number of amides is 1. The Morgan fingerprint density at radius 3 is 2.30 bits per heavy atom. The highest BCUT2D eigenvalue weighted by Crippen LogP contribution is 2.10. The van der Waals surface area contributed by atoms with Crippen LogP contribution in [0.3, 0.4) is 0 Å². The first kappa shape index (κ1) is 14.7. The summed E-state index contributed by atoms with van der Waals surface area (Å²) in [4.78, 5) is 12.5. The van der Waals surface area contributed by atoms with Crippen molar-refractivity contribution in [2.45, 2.75) is 6.92 Å². The zero-order valence-electron chi connectivity index (χ0n) is 12.7. The number of aryl methyl sites for hydroxylation is 1. The summed E-state index contributed by atoms with van der Waals surface area (Å²) in [6.07, 6.45) is 0. The first-order valence-corrected chi connectivity index (χ1v) is 7.22. The van der Waals surface area contributed by atoms with Crippen LogP contribution in [0, 0.1) is 12.3 Å². The molecule has 0 aliphatic heterocycles. The predicted octanol–water partition coefficient (Wildman–Crippen LogP) is 2.91. The van der Waals surface area contributed by atoms with E-state index in [4.69, 9.17) is 5.41 Å². The molecule has 0 spiro atoms. The maximum absolute atomic E-state index is 12.5. The van der Waals surface area contributed by atoms with Crippen LogP contribution < -0.4 is 10.8 Å². The van der Waals surface area contributed by atoms with Crippen molar-refractivity contribution in [3.8, 4) is 5.69 Å².